The fraction of sp³-hybridized carbons (Fsp3) is 0.250. The van der Waals surface area contributed by atoms with Gasteiger partial charge in [0.1, 0.15) is 5.25 Å². The largest absolute Gasteiger partial charge is 0.468 e. The highest BCUT2D eigenvalue weighted by Crippen LogP contribution is 2.23. The number of nitrogens with zero attached hydrogens (tertiary/aromatic N) is 3. The molecule has 0 aliphatic carbocycles. The number of carbonyl (C=O) groups excluding carboxylic acids is 2. The molecule has 2 rings (SSSR count). The van der Waals surface area contributed by atoms with Crippen molar-refractivity contribution in [1.82, 2.24) is 15.0 Å². The summed E-state index contributed by atoms with van der Waals surface area (Å²) in [5.41, 5.74) is 3.40. The molecule has 2 aromatic rings. The van der Waals surface area contributed by atoms with Crippen molar-refractivity contribution in [3.8, 4) is 0 Å². The van der Waals surface area contributed by atoms with Gasteiger partial charge in [0.25, 0.3) is 0 Å². The molecule has 2 N–H and O–H groups in total. The molecule has 1 unspecified atom stereocenters. The fourth-order valence-electron chi connectivity index (χ4n) is 1.86. The van der Waals surface area contributed by atoms with Gasteiger partial charge in [0.05, 0.1) is 12.8 Å². The number of benzene rings is 1. The van der Waals surface area contributed by atoms with Gasteiger partial charge in [-0.25, -0.2) is 15.2 Å². The summed E-state index contributed by atoms with van der Waals surface area (Å²) in [5.74, 6) is -0.473. The van der Waals surface area contributed by atoms with Gasteiger partial charge in [0.15, 0.2) is 5.16 Å². The monoisotopic (exact) mass is 361 g/mol. The Morgan fingerprint density at radius 3 is 2.64 bits per heavy atom. The average molecular weight is 361 g/mol. The van der Waals surface area contributed by atoms with Gasteiger partial charge in [0.2, 0.25) is 0 Å². The lowest BCUT2D eigenvalue weighted by atomic mass is 10.3. The first-order chi connectivity index (χ1) is 12.0. The molecule has 25 heavy (non-hydrogen) atoms. The minimum atomic E-state index is -0.719. The standard InChI is InChI=1S/C16H19N5O3S/c1-11(19-20-15(23)18-12-7-5-4-6-8-12)13(14(22)24-3)25-16-17-9-10-21(16)2/h4-10,13H,1-3H3,(H2,18,20,23)/b19-11+. The third-order valence-electron chi connectivity index (χ3n) is 3.16. The lowest BCUT2D eigenvalue weighted by Crippen LogP contribution is -2.31. The Morgan fingerprint density at radius 1 is 1.32 bits per heavy atom. The number of imidazole rings is 1. The van der Waals surface area contributed by atoms with E-state index in [9.17, 15) is 9.59 Å². The molecule has 0 fully saturated rings. The molecule has 1 heterocycles. The second kappa shape index (κ2) is 8.88. The maximum absolute atomic E-state index is 12.0. The maximum atomic E-state index is 12.0. The van der Waals surface area contributed by atoms with Crippen LogP contribution in [-0.4, -0.2) is 39.6 Å². The van der Waals surface area contributed by atoms with E-state index in [2.05, 4.69) is 20.8 Å². The molecule has 1 aromatic heterocycles. The van der Waals surface area contributed by atoms with Crippen LogP contribution in [0.25, 0.3) is 0 Å². The first-order valence-electron chi connectivity index (χ1n) is 7.39. The number of para-hydroxylation sites is 1. The summed E-state index contributed by atoms with van der Waals surface area (Å²) in [7, 11) is 3.12. The number of anilines is 1. The number of carbonyl (C=O) groups is 2. The van der Waals surface area contributed by atoms with E-state index in [1.165, 1.54) is 18.9 Å². The number of nitrogens with one attached hydrogen (secondary N) is 2. The van der Waals surface area contributed by atoms with Gasteiger partial charge in [0, 0.05) is 25.1 Å². The van der Waals surface area contributed by atoms with Gasteiger partial charge in [-0.2, -0.15) is 5.10 Å². The van der Waals surface area contributed by atoms with Crippen molar-refractivity contribution in [3.05, 3.63) is 42.7 Å². The number of hydrogen-bond acceptors (Lipinski definition) is 6. The van der Waals surface area contributed by atoms with Crippen LogP contribution in [0.4, 0.5) is 10.5 Å². The van der Waals surface area contributed by atoms with E-state index in [0.717, 1.165) is 0 Å². The Hall–Kier alpha value is -2.81. The van der Waals surface area contributed by atoms with E-state index in [0.29, 0.717) is 16.6 Å². The van der Waals surface area contributed by atoms with Gasteiger partial charge in [-0.05, 0) is 19.1 Å². The molecule has 0 aliphatic heterocycles. The van der Waals surface area contributed by atoms with Crippen molar-refractivity contribution < 1.29 is 14.3 Å². The van der Waals surface area contributed by atoms with Crippen molar-refractivity contribution in [2.24, 2.45) is 12.1 Å². The van der Waals surface area contributed by atoms with E-state index < -0.39 is 17.3 Å². The van der Waals surface area contributed by atoms with Gasteiger partial charge < -0.3 is 14.6 Å². The molecule has 0 saturated carbocycles. The molecular formula is C16H19N5O3S. The van der Waals surface area contributed by atoms with E-state index >= 15 is 0 Å². The third kappa shape index (κ3) is 5.35. The summed E-state index contributed by atoms with van der Waals surface area (Å²) in [6.45, 7) is 1.64. The summed E-state index contributed by atoms with van der Waals surface area (Å²) < 4.78 is 6.60. The SMILES string of the molecule is COC(=O)C(Sc1nccn1C)/C(C)=N/NC(=O)Nc1ccccc1. The Kier molecular flexibility index (Phi) is 6.58. The number of thioether (sulfide) groups is 1. The number of amides is 2. The highest BCUT2D eigenvalue weighted by Gasteiger charge is 2.26. The summed E-state index contributed by atoms with van der Waals surface area (Å²) in [4.78, 5) is 28.1. The van der Waals surface area contributed by atoms with Crippen molar-refractivity contribution in [3.63, 3.8) is 0 Å². The number of urea groups is 1. The molecule has 9 heteroatoms. The lowest BCUT2D eigenvalue weighted by Gasteiger charge is -2.14. The van der Waals surface area contributed by atoms with Crippen molar-refractivity contribution in [2.75, 3.05) is 12.4 Å². The number of aryl methyl sites for hydroxylation is 1. The van der Waals surface area contributed by atoms with Crippen molar-refractivity contribution in [1.29, 1.82) is 0 Å². The van der Waals surface area contributed by atoms with Crippen LogP contribution in [0.5, 0.6) is 0 Å². The van der Waals surface area contributed by atoms with Crippen LogP contribution in [0.2, 0.25) is 0 Å². The first kappa shape index (κ1) is 18.5. The number of methoxy groups -OCH3 is 1. The second-order valence-corrected chi connectivity index (χ2v) is 6.10. The lowest BCUT2D eigenvalue weighted by molar-refractivity contribution is -0.138. The number of hydrazone groups is 1. The molecule has 2 amide bonds. The summed E-state index contributed by atoms with van der Waals surface area (Å²) in [5, 5.41) is 6.55. The molecule has 1 atom stereocenters. The molecule has 1 aromatic carbocycles. The van der Waals surface area contributed by atoms with Crippen LogP contribution in [0, 0.1) is 0 Å². The quantitative estimate of drug-likeness (QED) is 0.356. The molecular weight excluding hydrogens is 342 g/mol. The summed E-state index contributed by atoms with van der Waals surface area (Å²) in [6, 6.07) is 8.47. The Morgan fingerprint density at radius 2 is 2.04 bits per heavy atom. The third-order valence-corrected chi connectivity index (χ3v) is 4.53. The zero-order chi connectivity index (χ0) is 18.2. The normalized spacial score (nSPS) is 12.4. The molecule has 0 aliphatic rings. The minimum Gasteiger partial charge on any atom is -0.468 e. The number of aromatic nitrogens is 2. The molecule has 0 radical (unpaired) electrons. The van der Waals surface area contributed by atoms with Gasteiger partial charge in [-0.1, -0.05) is 30.0 Å². The molecule has 0 spiro atoms. The average Bonchev–Trinajstić information content (AvgIpc) is 3.02. The fourth-order valence-corrected chi connectivity index (χ4v) is 2.84. The van der Waals surface area contributed by atoms with E-state index in [1.54, 1.807) is 48.1 Å². The highest BCUT2D eigenvalue weighted by atomic mass is 32.2. The van der Waals surface area contributed by atoms with Gasteiger partial charge >= 0.3 is 12.0 Å². The van der Waals surface area contributed by atoms with E-state index in [4.69, 9.17) is 4.74 Å². The minimum absolute atomic E-state index is 0.392. The van der Waals surface area contributed by atoms with Crippen LogP contribution in [0.3, 0.4) is 0 Å². The zero-order valence-corrected chi connectivity index (χ0v) is 14.9. The topological polar surface area (TPSA) is 97.6 Å². The van der Waals surface area contributed by atoms with Crippen LogP contribution >= 0.6 is 11.8 Å². The maximum Gasteiger partial charge on any atom is 0.339 e. The Labute approximate surface area is 149 Å². The van der Waals surface area contributed by atoms with Crippen LogP contribution in [0.15, 0.2) is 53.0 Å². The highest BCUT2D eigenvalue weighted by molar-refractivity contribution is 8.01. The Bertz CT molecular complexity index is 760. The second-order valence-electron chi connectivity index (χ2n) is 5.03. The predicted molar refractivity (Wildman–Crippen MR) is 96.6 cm³/mol. The number of esters is 1. The van der Waals surface area contributed by atoms with Crippen molar-refractivity contribution >= 4 is 35.2 Å². The molecule has 8 nitrogen and oxygen atoms in total. The molecule has 132 valence electrons. The summed E-state index contributed by atoms with van der Waals surface area (Å²) >= 11 is 1.19. The number of rotatable bonds is 6. The van der Waals surface area contributed by atoms with Gasteiger partial charge in [-0.3, -0.25) is 4.79 Å². The van der Waals surface area contributed by atoms with E-state index in [-0.39, 0.29) is 0 Å². The van der Waals surface area contributed by atoms with Crippen LogP contribution < -0.4 is 10.7 Å². The smallest absolute Gasteiger partial charge is 0.339 e. The Balaban J connectivity index is 2.03. The van der Waals surface area contributed by atoms with Crippen LogP contribution in [-0.2, 0) is 16.6 Å². The van der Waals surface area contributed by atoms with Gasteiger partial charge in [-0.15, -0.1) is 0 Å². The van der Waals surface area contributed by atoms with Crippen LogP contribution in [0.1, 0.15) is 6.92 Å². The molecule has 0 bridgehead atoms. The number of ether oxygens (including phenoxy) is 1. The number of hydrogen-bond donors (Lipinski definition) is 2. The van der Waals surface area contributed by atoms with E-state index in [1.807, 2.05) is 13.1 Å². The first-order valence-corrected chi connectivity index (χ1v) is 8.27. The predicted octanol–water partition coefficient (Wildman–Crippen LogP) is 2.25. The van der Waals surface area contributed by atoms with Crippen molar-refractivity contribution in [2.45, 2.75) is 17.3 Å². The molecule has 0 saturated heterocycles. The summed E-state index contributed by atoms with van der Waals surface area (Å²) in [6.07, 6.45) is 3.41. The zero-order valence-electron chi connectivity index (χ0n) is 14.1.